The highest BCUT2D eigenvalue weighted by molar-refractivity contribution is 5.90. The fourth-order valence-electron chi connectivity index (χ4n) is 5.03. The van der Waals surface area contributed by atoms with Gasteiger partial charge in [0.05, 0.1) is 25.6 Å². The van der Waals surface area contributed by atoms with Crippen LogP contribution in [0.1, 0.15) is 65.4 Å². The lowest BCUT2D eigenvalue weighted by atomic mass is 9.96. The third-order valence-corrected chi connectivity index (χ3v) is 7.33. The molecule has 1 aliphatic carbocycles. The van der Waals surface area contributed by atoms with Gasteiger partial charge in [-0.25, -0.2) is 9.59 Å². The van der Waals surface area contributed by atoms with E-state index in [0.29, 0.717) is 30.1 Å². The van der Waals surface area contributed by atoms with Crippen molar-refractivity contribution < 1.29 is 24.2 Å². The first-order chi connectivity index (χ1) is 18.1. The van der Waals surface area contributed by atoms with Gasteiger partial charge in [0.1, 0.15) is 11.9 Å². The zero-order valence-electron chi connectivity index (χ0n) is 23.5. The third kappa shape index (κ3) is 8.24. The third-order valence-electron chi connectivity index (χ3n) is 7.33. The topological polar surface area (TPSA) is 123 Å². The van der Waals surface area contributed by atoms with E-state index in [-0.39, 0.29) is 55.0 Å². The summed E-state index contributed by atoms with van der Waals surface area (Å²) in [5, 5.41) is 18.7. The number of hydrogen-bond acceptors (Lipinski definition) is 5. The van der Waals surface area contributed by atoms with Crippen LogP contribution in [0.15, 0.2) is 18.2 Å². The Morgan fingerprint density at radius 3 is 2.55 bits per heavy atom. The fourth-order valence-corrected chi connectivity index (χ4v) is 5.03. The molecule has 0 radical (unpaired) electrons. The van der Waals surface area contributed by atoms with E-state index in [1.165, 1.54) is 6.42 Å². The van der Waals surface area contributed by atoms with Crippen LogP contribution in [-0.2, 0) is 11.2 Å². The number of benzene rings is 1. The van der Waals surface area contributed by atoms with Gasteiger partial charge >= 0.3 is 12.1 Å². The maximum absolute atomic E-state index is 13.4. The summed E-state index contributed by atoms with van der Waals surface area (Å²) in [6, 6.07) is 4.69. The molecule has 4 N–H and O–H groups in total. The average Bonchev–Trinajstić information content (AvgIpc) is 2.91. The molecule has 1 aromatic rings. The maximum atomic E-state index is 13.4. The Hall–Kier alpha value is -3.01. The predicted molar refractivity (Wildman–Crippen MR) is 147 cm³/mol. The summed E-state index contributed by atoms with van der Waals surface area (Å²) >= 11 is 0. The molecule has 2 aliphatic rings. The van der Waals surface area contributed by atoms with Crippen LogP contribution in [-0.4, -0.2) is 83.8 Å². The summed E-state index contributed by atoms with van der Waals surface area (Å²) in [5.41, 5.74) is 1.22. The molecule has 1 heterocycles. The number of aliphatic hydroxyl groups is 1. The molecule has 212 valence electrons. The predicted octanol–water partition coefficient (Wildman–Crippen LogP) is 3.34. The molecule has 38 heavy (non-hydrogen) atoms. The minimum atomic E-state index is -0.399. The summed E-state index contributed by atoms with van der Waals surface area (Å²) in [5.74, 6) is 0.301. The standard InChI is InChI=1S/C28H45N5O5/c1-18(2)29-28(37)32(5)16-25-19(3)15-33(20(4)17-34)26(35)14-21-13-23(11-12-24(21)38-25)31-27(36)30-22-9-7-6-8-10-22/h11-13,18-20,22,25,34H,6-10,14-17H2,1-5H3,(H,29,37)(H2,30,31,36)/t19-,20+,25-/m1/s1. The van der Waals surface area contributed by atoms with Gasteiger partial charge < -0.3 is 35.6 Å². The largest absolute Gasteiger partial charge is 0.488 e. The van der Waals surface area contributed by atoms with Crippen molar-refractivity contribution in [2.75, 3.05) is 32.1 Å². The number of likely N-dealkylation sites (N-methyl/N-ethyl adjacent to an activating group) is 1. The van der Waals surface area contributed by atoms with Crippen LogP contribution in [0.4, 0.5) is 15.3 Å². The molecule has 0 spiro atoms. The van der Waals surface area contributed by atoms with Gasteiger partial charge in [-0.1, -0.05) is 26.2 Å². The number of rotatable bonds is 7. The number of nitrogens with zero attached hydrogens (tertiary/aromatic N) is 2. The van der Waals surface area contributed by atoms with Crippen molar-refractivity contribution >= 4 is 23.7 Å². The van der Waals surface area contributed by atoms with E-state index in [2.05, 4.69) is 16.0 Å². The molecule has 5 amide bonds. The second kappa shape index (κ2) is 13.7. The first kappa shape index (κ1) is 29.5. The van der Waals surface area contributed by atoms with Gasteiger partial charge in [0.2, 0.25) is 5.91 Å². The van der Waals surface area contributed by atoms with Gasteiger partial charge in [0, 0.05) is 42.8 Å². The molecule has 10 nitrogen and oxygen atoms in total. The average molecular weight is 532 g/mol. The van der Waals surface area contributed by atoms with Gasteiger partial charge in [-0.2, -0.15) is 0 Å². The molecule has 3 rings (SSSR count). The van der Waals surface area contributed by atoms with Crippen LogP contribution >= 0.6 is 0 Å². The molecule has 1 aliphatic heterocycles. The lowest BCUT2D eigenvalue weighted by Gasteiger charge is -2.34. The minimum Gasteiger partial charge on any atom is -0.488 e. The number of aliphatic hydroxyl groups excluding tert-OH is 1. The summed E-state index contributed by atoms with van der Waals surface area (Å²) in [6.07, 6.45) is 5.11. The quantitative estimate of drug-likeness (QED) is 0.430. The summed E-state index contributed by atoms with van der Waals surface area (Å²) in [7, 11) is 1.72. The van der Waals surface area contributed by atoms with Gasteiger partial charge in [-0.3, -0.25) is 4.79 Å². The molecule has 1 fully saturated rings. The second-order valence-electron chi connectivity index (χ2n) is 11.1. The van der Waals surface area contributed by atoms with E-state index in [1.807, 2.05) is 27.7 Å². The van der Waals surface area contributed by atoms with Gasteiger partial charge in [0.15, 0.2) is 0 Å². The Balaban J connectivity index is 1.83. The van der Waals surface area contributed by atoms with Crippen LogP contribution in [0, 0.1) is 5.92 Å². The zero-order chi connectivity index (χ0) is 27.8. The summed E-state index contributed by atoms with van der Waals surface area (Å²) in [6.45, 7) is 8.15. The molecular formula is C28H45N5O5. The number of urea groups is 2. The maximum Gasteiger partial charge on any atom is 0.319 e. The molecule has 0 bridgehead atoms. The number of nitrogens with one attached hydrogen (secondary N) is 3. The van der Waals surface area contributed by atoms with Crippen LogP contribution in [0.25, 0.3) is 0 Å². The lowest BCUT2D eigenvalue weighted by molar-refractivity contribution is -0.134. The van der Waals surface area contributed by atoms with Gasteiger partial charge in [-0.15, -0.1) is 0 Å². The number of anilines is 1. The Kier molecular flexibility index (Phi) is 10.6. The van der Waals surface area contributed by atoms with E-state index < -0.39 is 6.10 Å². The van der Waals surface area contributed by atoms with E-state index in [9.17, 15) is 19.5 Å². The number of hydrogen-bond donors (Lipinski definition) is 4. The van der Waals surface area contributed by atoms with Crippen molar-refractivity contribution in [3.05, 3.63) is 23.8 Å². The number of ether oxygens (including phenoxy) is 1. The number of carbonyl (C=O) groups excluding carboxylic acids is 3. The smallest absolute Gasteiger partial charge is 0.319 e. The first-order valence-corrected chi connectivity index (χ1v) is 13.9. The molecule has 0 unspecified atom stereocenters. The second-order valence-corrected chi connectivity index (χ2v) is 11.1. The molecule has 3 atom stereocenters. The van der Waals surface area contributed by atoms with Gasteiger partial charge in [0.25, 0.3) is 0 Å². The molecule has 0 aromatic heterocycles. The van der Waals surface area contributed by atoms with Gasteiger partial charge in [-0.05, 0) is 51.8 Å². The monoisotopic (exact) mass is 531 g/mol. The van der Waals surface area contributed by atoms with Crippen LogP contribution in [0.5, 0.6) is 5.75 Å². The highest BCUT2D eigenvalue weighted by atomic mass is 16.5. The molecule has 1 saturated carbocycles. The number of carbonyl (C=O) groups is 3. The number of fused-ring (bicyclic) bond motifs is 1. The van der Waals surface area contributed by atoms with E-state index in [4.69, 9.17) is 4.74 Å². The summed E-state index contributed by atoms with van der Waals surface area (Å²) < 4.78 is 6.46. The Labute approximate surface area is 226 Å². The molecule has 1 aromatic carbocycles. The van der Waals surface area contributed by atoms with Crippen LogP contribution in [0.2, 0.25) is 0 Å². The van der Waals surface area contributed by atoms with E-state index >= 15 is 0 Å². The van der Waals surface area contributed by atoms with Crippen LogP contribution in [0.3, 0.4) is 0 Å². The van der Waals surface area contributed by atoms with Crippen molar-refractivity contribution in [1.29, 1.82) is 0 Å². The molecule has 0 saturated heterocycles. The molecule has 10 heteroatoms. The Bertz CT molecular complexity index is 965. The van der Waals surface area contributed by atoms with E-state index in [0.717, 1.165) is 25.7 Å². The van der Waals surface area contributed by atoms with E-state index in [1.54, 1.807) is 35.0 Å². The van der Waals surface area contributed by atoms with Crippen LogP contribution < -0.4 is 20.7 Å². The highest BCUT2D eigenvalue weighted by Crippen LogP contribution is 2.29. The van der Waals surface area contributed by atoms with Crippen molar-refractivity contribution in [2.45, 2.75) is 90.4 Å². The highest BCUT2D eigenvalue weighted by Gasteiger charge is 2.32. The normalized spacial score (nSPS) is 21.3. The number of amides is 5. The fraction of sp³-hybridized carbons (Fsp3) is 0.679. The van der Waals surface area contributed by atoms with Crippen molar-refractivity contribution in [3.8, 4) is 5.75 Å². The SMILES string of the molecule is CC(C)NC(=O)N(C)C[C@H]1Oc2ccc(NC(=O)NC3CCCCC3)cc2CC(=O)N([C@@H](C)CO)C[C@H]1C. The summed E-state index contributed by atoms with van der Waals surface area (Å²) in [4.78, 5) is 41.8. The minimum absolute atomic E-state index is 0.00398. The van der Waals surface area contributed by atoms with Crippen molar-refractivity contribution in [1.82, 2.24) is 20.4 Å². The van der Waals surface area contributed by atoms with Crippen molar-refractivity contribution in [2.24, 2.45) is 5.92 Å². The Morgan fingerprint density at radius 2 is 1.89 bits per heavy atom. The van der Waals surface area contributed by atoms with Crippen molar-refractivity contribution in [3.63, 3.8) is 0 Å². The Morgan fingerprint density at radius 1 is 1.18 bits per heavy atom. The zero-order valence-corrected chi connectivity index (χ0v) is 23.5. The molecular weight excluding hydrogens is 486 g/mol. The first-order valence-electron chi connectivity index (χ1n) is 13.9. The lowest BCUT2D eigenvalue weighted by Crippen LogP contribution is -2.49.